The third-order valence-corrected chi connectivity index (χ3v) is 2.23. The first-order valence-electron chi connectivity index (χ1n) is 4.81. The van der Waals surface area contributed by atoms with Crippen LogP contribution >= 0.6 is 0 Å². The maximum Gasteiger partial charge on any atom is 0.132 e. The molecule has 0 aliphatic carbocycles. The standard InChI is InChI=1S/C10H12FN3O3/c1-17-8-4-2-3-6(11)9(8)10(16)7(15)5-13-14-12/h2-4,7,10,15-16H,5H2,1H3. The predicted octanol–water partition coefficient (Wildman–Crippen LogP) is 1.54. The minimum absolute atomic E-state index is 0.123. The smallest absolute Gasteiger partial charge is 0.132 e. The maximum absolute atomic E-state index is 13.5. The Kier molecular flexibility index (Phi) is 4.71. The number of nitrogens with zero attached hydrogens (tertiary/aromatic N) is 3. The van der Waals surface area contributed by atoms with Gasteiger partial charge in [-0.25, -0.2) is 4.39 Å². The highest BCUT2D eigenvalue weighted by Crippen LogP contribution is 2.29. The van der Waals surface area contributed by atoms with Crippen LogP contribution in [0, 0.1) is 5.82 Å². The zero-order valence-corrected chi connectivity index (χ0v) is 9.12. The summed E-state index contributed by atoms with van der Waals surface area (Å²) >= 11 is 0. The maximum atomic E-state index is 13.5. The summed E-state index contributed by atoms with van der Waals surface area (Å²) in [6.07, 6.45) is -2.91. The molecule has 0 aliphatic heterocycles. The van der Waals surface area contributed by atoms with Crippen LogP contribution in [0.2, 0.25) is 0 Å². The van der Waals surface area contributed by atoms with Gasteiger partial charge >= 0.3 is 0 Å². The SMILES string of the molecule is COc1cccc(F)c1C(O)C(O)CN=[N+]=[N-]. The van der Waals surface area contributed by atoms with Gasteiger partial charge in [0.05, 0.1) is 25.3 Å². The van der Waals surface area contributed by atoms with E-state index in [9.17, 15) is 14.6 Å². The topological polar surface area (TPSA) is 98.5 Å². The number of halogens is 1. The number of azide groups is 1. The van der Waals surface area contributed by atoms with E-state index >= 15 is 0 Å². The number of hydrogen-bond acceptors (Lipinski definition) is 4. The Morgan fingerprint density at radius 3 is 2.82 bits per heavy atom. The highest BCUT2D eigenvalue weighted by molar-refractivity contribution is 5.36. The van der Waals surface area contributed by atoms with Gasteiger partial charge in [-0.3, -0.25) is 0 Å². The van der Waals surface area contributed by atoms with E-state index in [1.807, 2.05) is 0 Å². The zero-order valence-electron chi connectivity index (χ0n) is 9.12. The lowest BCUT2D eigenvalue weighted by Gasteiger charge is -2.19. The summed E-state index contributed by atoms with van der Waals surface area (Å²) < 4.78 is 18.4. The predicted molar refractivity (Wildman–Crippen MR) is 57.9 cm³/mol. The molecule has 0 aromatic heterocycles. The van der Waals surface area contributed by atoms with Crippen molar-refractivity contribution >= 4 is 0 Å². The van der Waals surface area contributed by atoms with Gasteiger partial charge < -0.3 is 14.9 Å². The van der Waals surface area contributed by atoms with Gasteiger partial charge in [-0.1, -0.05) is 11.2 Å². The molecule has 0 radical (unpaired) electrons. The van der Waals surface area contributed by atoms with Crippen LogP contribution in [-0.4, -0.2) is 30.0 Å². The third kappa shape index (κ3) is 3.07. The normalized spacial score (nSPS) is 13.6. The van der Waals surface area contributed by atoms with E-state index in [4.69, 9.17) is 10.3 Å². The van der Waals surface area contributed by atoms with Crippen LogP contribution in [0.1, 0.15) is 11.7 Å². The van der Waals surface area contributed by atoms with Gasteiger partial charge in [0.1, 0.15) is 17.7 Å². The second-order valence-electron chi connectivity index (χ2n) is 3.28. The largest absolute Gasteiger partial charge is 0.496 e. The summed E-state index contributed by atoms with van der Waals surface area (Å²) in [7, 11) is 1.32. The second kappa shape index (κ2) is 6.05. The van der Waals surface area contributed by atoms with E-state index in [1.165, 1.54) is 19.2 Å². The Labute approximate surface area is 96.9 Å². The summed E-state index contributed by atoms with van der Waals surface area (Å²) in [4.78, 5) is 2.45. The number of benzene rings is 1. The molecule has 0 bridgehead atoms. The van der Waals surface area contributed by atoms with E-state index in [0.717, 1.165) is 6.07 Å². The van der Waals surface area contributed by atoms with Gasteiger partial charge in [-0.15, -0.1) is 0 Å². The van der Waals surface area contributed by atoms with Gasteiger partial charge in [-0.05, 0) is 17.7 Å². The molecule has 0 amide bonds. The number of ether oxygens (including phenoxy) is 1. The van der Waals surface area contributed by atoms with Gasteiger partial charge in [0, 0.05) is 4.91 Å². The molecular weight excluding hydrogens is 229 g/mol. The molecule has 0 saturated carbocycles. The first-order valence-corrected chi connectivity index (χ1v) is 4.81. The van der Waals surface area contributed by atoms with Crippen molar-refractivity contribution < 1.29 is 19.3 Å². The molecule has 0 spiro atoms. The number of aliphatic hydroxyl groups excluding tert-OH is 2. The lowest BCUT2D eigenvalue weighted by Crippen LogP contribution is -2.22. The molecule has 2 atom stereocenters. The average molecular weight is 241 g/mol. The van der Waals surface area contributed by atoms with Crippen LogP contribution in [0.3, 0.4) is 0 Å². The number of methoxy groups -OCH3 is 1. The van der Waals surface area contributed by atoms with E-state index in [0.29, 0.717) is 0 Å². The van der Waals surface area contributed by atoms with Crippen molar-refractivity contribution in [2.75, 3.05) is 13.7 Å². The van der Waals surface area contributed by atoms with E-state index in [1.54, 1.807) is 0 Å². The summed E-state index contributed by atoms with van der Waals surface area (Å²) in [5.41, 5.74) is 7.93. The van der Waals surface area contributed by atoms with Crippen LogP contribution in [-0.2, 0) is 0 Å². The molecule has 0 fully saturated rings. The molecule has 1 rings (SSSR count). The third-order valence-electron chi connectivity index (χ3n) is 2.23. The van der Waals surface area contributed by atoms with Crippen LogP contribution in [0.15, 0.2) is 23.3 Å². The molecule has 2 N–H and O–H groups in total. The minimum atomic E-state index is -1.52. The van der Waals surface area contributed by atoms with Gasteiger partial charge in [-0.2, -0.15) is 0 Å². The first kappa shape index (κ1) is 13.2. The van der Waals surface area contributed by atoms with Crippen LogP contribution in [0.25, 0.3) is 10.4 Å². The highest BCUT2D eigenvalue weighted by Gasteiger charge is 2.24. The minimum Gasteiger partial charge on any atom is -0.496 e. The van der Waals surface area contributed by atoms with Gasteiger partial charge in [0.2, 0.25) is 0 Å². The van der Waals surface area contributed by atoms with Crippen molar-refractivity contribution in [2.24, 2.45) is 5.11 Å². The van der Waals surface area contributed by atoms with Crippen molar-refractivity contribution in [3.8, 4) is 5.75 Å². The molecule has 17 heavy (non-hydrogen) atoms. The average Bonchev–Trinajstić information content (AvgIpc) is 2.34. The Balaban J connectivity index is 3.01. The van der Waals surface area contributed by atoms with Crippen molar-refractivity contribution in [2.45, 2.75) is 12.2 Å². The van der Waals surface area contributed by atoms with Crippen LogP contribution in [0.4, 0.5) is 4.39 Å². The second-order valence-corrected chi connectivity index (χ2v) is 3.28. The summed E-state index contributed by atoms with van der Waals surface area (Å²) in [6.45, 7) is -0.352. The number of aliphatic hydroxyl groups is 2. The molecule has 0 aliphatic rings. The lowest BCUT2D eigenvalue weighted by atomic mass is 10.0. The molecule has 92 valence electrons. The fraction of sp³-hybridized carbons (Fsp3) is 0.400. The summed E-state index contributed by atoms with van der Waals surface area (Å²) in [5, 5.41) is 22.4. The van der Waals surface area contributed by atoms with Crippen molar-refractivity contribution in [3.63, 3.8) is 0 Å². The molecule has 0 saturated heterocycles. The highest BCUT2D eigenvalue weighted by atomic mass is 19.1. The molecule has 7 heteroatoms. The molecule has 6 nitrogen and oxygen atoms in total. The van der Waals surface area contributed by atoms with Crippen molar-refractivity contribution in [1.82, 2.24) is 0 Å². The van der Waals surface area contributed by atoms with E-state index < -0.39 is 18.0 Å². The van der Waals surface area contributed by atoms with Gasteiger partial charge in [0.25, 0.3) is 0 Å². The van der Waals surface area contributed by atoms with Crippen LogP contribution < -0.4 is 4.74 Å². The van der Waals surface area contributed by atoms with Gasteiger partial charge in [0.15, 0.2) is 0 Å². The van der Waals surface area contributed by atoms with E-state index in [-0.39, 0.29) is 17.9 Å². The Morgan fingerprint density at radius 1 is 1.53 bits per heavy atom. The zero-order chi connectivity index (χ0) is 12.8. The molecule has 2 unspecified atom stereocenters. The van der Waals surface area contributed by atoms with Crippen molar-refractivity contribution in [3.05, 3.63) is 40.0 Å². The van der Waals surface area contributed by atoms with Crippen LogP contribution in [0.5, 0.6) is 5.75 Å². The number of rotatable bonds is 5. The Bertz CT molecular complexity index is 435. The lowest BCUT2D eigenvalue weighted by molar-refractivity contribution is 0.0207. The molecule has 1 aromatic rings. The Hall–Kier alpha value is -1.82. The molecule has 0 heterocycles. The first-order chi connectivity index (χ1) is 8.11. The monoisotopic (exact) mass is 241 g/mol. The van der Waals surface area contributed by atoms with E-state index in [2.05, 4.69) is 10.0 Å². The fourth-order valence-electron chi connectivity index (χ4n) is 1.39. The summed E-state index contributed by atoms with van der Waals surface area (Å²) in [6, 6.07) is 4.02. The quantitative estimate of drug-likeness (QED) is 0.464. The fourth-order valence-corrected chi connectivity index (χ4v) is 1.39. The Morgan fingerprint density at radius 2 is 2.24 bits per heavy atom. The number of hydrogen-bond donors (Lipinski definition) is 2. The van der Waals surface area contributed by atoms with Crippen molar-refractivity contribution in [1.29, 1.82) is 0 Å². The molecule has 1 aromatic carbocycles. The molecular formula is C10H12FN3O3. The summed E-state index contributed by atoms with van der Waals surface area (Å²) in [5.74, 6) is -0.575.